The molecule has 1 aliphatic heterocycles. The molecule has 2 heterocycles. The molecule has 2 atom stereocenters. The van der Waals surface area contributed by atoms with Gasteiger partial charge < -0.3 is 5.32 Å². The maximum atomic E-state index is 4.43. The predicted molar refractivity (Wildman–Crippen MR) is 87.7 cm³/mol. The number of nitrogens with zero attached hydrogens (tertiary/aromatic N) is 3. The first-order valence-electron chi connectivity index (χ1n) is 7.95. The largest absolute Gasteiger partial charge is 0.316 e. The van der Waals surface area contributed by atoms with E-state index in [1.54, 1.807) is 6.33 Å². The smallest absolute Gasteiger partial charge is 0.137 e. The molecule has 1 unspecified atom stereocenters. The van der Waals surface area contributed by atoms with Crippen molar-refractivity contribution >= 4 is 10.8 Å². The van der Waals surface area contributed by atoms with Gasteiger partial charge in [-0.25, -0.2) is 9.67 Å². The fourth-order valence-corrected chi connectivity index (χ4v) is 3.54. The van der Waals surface area contributed by atoms with Crippen LogP contribution < -0.4 is 5.32 Å². The molecule has 0 saturated carbocycles. The Bertz CT molecular complexity index is 745. The van der Waals surface area contributed by atoms with Crippen LogP contribution in [0.15, 0.2) is 55.1 Å². The predicted octanol–water partition coefficient (Wildman–Crippen LogP) is 3.02. The Labute approximate surface area is 130 Å². The zero-order valence-electron chi connectivity index (χ0n) is 12.5. The first kappa shape index (κ1) is 13.5. The summed E-state index contributed by atoms with van der Waals surface area (Å²) in [7, 11) is 0. The summed E-state index contributed by atoms with van der Waals surface area (Å²) in [5.41, 5.74) is 1.32. The van der Waals surface area contributed by atoms with Crippen molar-refractivity contribution in [2.75, 3.05) is 13.1 Å². The van der Waals surface area contributed by atoms with Gasteiger partial charge in [0, 0.05) is 6.54 Å². The summed E-state index contributed by atoms with van der Waals surface area (Å²) < 4.78 is 2.02. The summed E-state index contributed by atoms with van der Waals surface area (Å²) in [6.45, 7) is 2.16. The van der Waals surface area contributed by atoms with Crippen molar-refractivity contribution in [3.05, 3.63) is 60.7 Å². The van der Waals surface area contributed by atoms with Crippen molar-refractivity contribution in [2.24, 2.45) is 5.92 Å². The van der Waals surface area contributed by atoms with Crippen LogP contribution in [0.1, 0.15) is 24.4 Å². The topological polar surface area (TPSA) is 42.7 Å². The molecule has 1 saturated heterocycles. The minimum absolute atomic E-state index is 0.250. The summed E-state index contributed by atoms with van der Waals surface area (Å²) in [6, 6.07) is 15.5. The van der Waals surface area contributed by atoms with Gasteiger partial charge in [-0.05, 0) is 47.7 Å². The van der Waals surface area contributed by atoms with E-state index in [9.17, 15) is 0 Å². The second-order valence-electron chi connectivity index (χ2n) is 6.03. The number of nitrogens with one attached hydrogen (secondary N) is 1. The summed E-state index contributed by atoms with van der Waals surface area (Å²) in [5, 5.41) is 10.5. The van der Waals surface area contributed by atoms with Crippen molar-refractivity contribution in [1.82, 2.24) is 20.1 Å². The third-order valence-electron chi connectivity index (χ3n) is 4.62. The van der Waals surface area contributed by atoms with E-state index in [2.05, 4.69) is 57.9 Å². The van der Waals surface area contributed by atoms with E-state index in [1.165, 1.54) is 29.2 Å². The molecule has 4 rings (SSSR count). The van der Waals surface area contributed by atoms with Crippen molar-refractivity contribution < 1.29 is 0 Å². The van der Waals surface area contributed by atoms with Gasteiger partial charge in [0.25, 0.3) is 0 Å². The van der Waals surface area contributed by atoms with Gasteiger partial charge in [0.2, 0.25) is 0 Å². The van der Waals surface area contributed by atoms with Crippen molar-refractivity contribution in [1.29, 1.82) is 0 Å². The van der Waals surface area contributed by atoms with Gasteiger partial charge in [-0.3, -0.25) is 0 Å². The molecule has 0 aliphatic carbocycles. The molecule has 1 aromatic heterocycles. The van der Waals surface area contributed by atoms with Gasteiger partial charge in [-0.15, -0.1) is 0 Å². The number of piperidine rings is 1. The zero-order chi connectivity index (χ0) is 14.8. The van der Waals surface area contributed by atoms with E-state index >= 15 is 0 Å². The van der Waals surface area contributed by atoms with Crippen LogP contribution in [0.3, 0.4) is 0 Å². The first-order chi connectivity index (χ1) is 10.9. The molecule has 0 bridgehead atoms. The van der Waals surface area contributed by atoms with Gasteiger partial charge in [0.05, 0.1) is 6.04 Å². The highest BCUT2D eigenvalue weighted by Gasteiger charge is 2.27. The van der Waals surface area contributed by atoms with Crippen LogP contribution in [0.4, 0.5) is 0 Å². The highest BCUT2D eigenvalue weighted by molar-refractivity contribution is 5.83. The summed E-state index contributed by atoms with van der Waals surface area (Å²) in [4.78, 5) is 4.16. The Balaban J connectivity index is 1.78. The van der Waals surface area contributed by atoms with Crippen molar-refractivity contribution in [3.8, 4) is 0 Å². The maximum absolute atomic E-state index is 4.43. The quantitative estimate of drug-likeness (QED) is 0.807. The van der Waals surface area contributed by atoms with Crippen LogP contribution in [0.2, 0.25) is 0 Å². The van der Waals surface area contributed by atoms with Crippen LogP contribution in [0.25, 0.3) is 10.8 Å². The number of aromatic nitrogens is 3. The molecule has 0 radical (unpaired) electrons. The average Bonchev–Trinajstić information content (AvgIpc) is 3.10. The first-order valence-corrected chi connectivity index (χ1v) is 7.95. The third-order valence-corrected chi connectivity index (χ3v) is 4.62. The van der Waals surface area contributed by atoms with Gasteiger partial charge in [0.15, 0.2) is 0 Å². The molecular weight excluding hydrogens is 272 g/mol. The molecule has 3 aromatic rings. The van der Waals surface area contributed by atoms with E-state index in [0.717, 1.165) is 13.1 Å². The molecule has 22 heavy (non-hydrogen) atoms. The number of fused-ring (bicyclic) bond motifs is 1. The molecule has 2 aromatic carbocycles. The Kier molecular flexibility index (Phi) is 3.60. The number of benzene rings is 2. The maximum Gasteiger partial charge on any atom is 0.137 e. The molecule has 0 spiro atoms. The standard InChI is InChI=1S/C18H20N4/c1-2-5-15-10-16(8-7-14(15)4-1)18(22-13-20-12-21-22)17-6-3-9-19-11-17/h1-2,4-5,7-8,10,12-13,17-19H,3,6,9,11H2/t17-,18?/m0/s1. The average molecular weight is 292 g/mol. The minimum Gasteiger partial charge on any atom is -0.316 e. The number of rotatable bonds is 3. The number of hydrogen-bond donors (Lipinski definition) is 1. The Morgan fingerprint density at radius 3 is 2.82 bits per heavy atom. The van der Waals surface area contributed by atoms with Crippen LogP contribution in [-0.4, -0.2) is 27.9 Å². The molecule has 112 valence electrons. The Morgan fingerprint density at radius 2 is 2.05 bits per heavy atom. The minimum atomic E-state index is 0.250. The lowest BCUT2D eigenvalue weighted by atomic mass is 9.86. The second-order valence-corrected chi connectivity index (χ2v) is 6.03. The fourth-order valence-electron chi connectivity index (χ4n) is 3.54. The molecular formula is C18H20N4. The molecule has 4 heteroatoms. The Morgan fingerprint density at radius 1 is 1.14 bits per heavy atom. The van der Waals surface area contributed by atoms with Crippen LogP contribution in [0, 0.1) is 5.92 Å². The molecule has 1 N–H and O–H groups in total. The molecule has 0 amide bonds. The van der Waals surface area contributed by atoms with Crippen LogP contribution in [0.5, 0.6) is 0 Å². The fraction of sp³-hybridized carbons (Fsp3) is 0.333. The lowest BCUT2D eigenvalue weighted by molar-refractivity contribution is 0.281. The zero-order valence-corrected chi connectivity index (χ0v) is 12.5. The van der Waals surface area contributed by atoms with Gasteiger partial charge in [-0.2, -0.15) is 5.10 Å². The Hall–Kier alpha value is -2.20. The van der Waals surface area contributed by atoms with E-state index < -0.39 is 0 Å². The van der Waals surface area contributed by atoms with Gasteiger partial charge >= 0.3 is 0 Å². The molecule has 1 fully saturated rings. The summed E-state index contributed by atoms with van der Waals surface area (Å²) in [6.07, 6.45) is 5.92. The van der Waals surface area contributed by atoms with E-state index in [0.29, 0.717) is 5.92 Å². The highest BCUT2D eigenvalue weighted by atomic mass is 15.3. The lowest BCUT2D eigenvalue weighted by Gasteiger charge is -2.31. The van der Waals surface area contributed by atoms with E-state index in [1.807, 2.05) is 11.0 Å². The van der Waals surface area contributed by atoms with Gasteiger partial charge in [0.1, 0.15) is 12.7 Å². The SMILES string of the molecule is c1ccc2cc(C([C@H]3CCCNC3)n3cncn3)ccc2c1. The van der Waals surface area contributed by atoms with Crippen LogP contribution in [-0.2, 0) is 0 Å². The molecule has 1 aliphatic rings. The number of hydrogen-bond acceptors (Lipinski definition) is 3. The second kappa shape index (κ2) is 5.89. The van der Waals surface area contributed by atoms with E-state index in [4.69, 9.17) is 0 Å². The monoisotopic (exact) mass is 292 g/mol. The van der Waals surface area contributed by atoms with Gasteiger partial charge in [-0.1, -0.05) is 36.4 Å². The highest BCUT2D eigenvalue weighted by Crippen LogP contribution is 2.32. The summed E-state index contributed by atoms with van der Waals surface area (Å²) in [5.74, 6) is 0.552. The van der Waals surface area contributed by atoms with Crippen molar-refractivity contribution in [2.45, 2.75) is 18.9 Å². The van der Waals surface area contributed by atoms with Crippen LogP contribution >= 0.6 is 0 Å². The third kappa shape index (κ3) is 2.50. The lowest BCUT2D eigenvalue weighted by Crippen LogP contribution is -2.35. The normalized spacial score (nSPS) is 20.1. The van der Waals surface area contributed by atoms with E-state index in [-0.39, 0.29) is 6.04 Å². The molecule has 4 nitrogen and oxygen atoms in total. The van der Waals surface area contributed by atoms with Crippen molar-refractivity contribution in [3.63, 3.8) is 0 Å². The summed E-state index contributed by atoms with van der Waals surface area (Å²) >= 11 is 0.